The fourth-order valence-electron chi connectivity index (χ4n) is 1.16. The third-order valence-corrected chi connectivity index (χ3v) is 4.91. The van der Waals surface area contributed by atoms with E-state index in [-0.39, 0.29) is 21.5 Å². The number of nitrogens with one attached hydrogen (secondary N) is 1. The van der Waals surface area contributed by atoms with Gasteiger partial charge in [-0.25, -0.2) is 13.1 Å². The number of hydrogen-bond acceptors (Lipinski definition) is 3. The van der Waals surface area contributed by atoms with E-state index in [2.05, 4.69) is 20.7 Å². The maximum Gasteiger partial charge on any atom is 0.243 e. The van der Waals surface area contributed by atoms with Crippen LogP contribution in [0, 0.1) is 0 Å². The second-order valence-electron chi connectivity index (χ2n) is 3.46. The molecule has 0 bridgehead atoms. The molecule has 8 heteroatoms. The normalized spacial score (nSPS) is 13.7. The molecule has 0 aliphatic carbocycles. The van der Waals surface area contributed by atoms with E-state index in [9.17, 15) is 8.42 Å². The SMILES string of the molecule is CC(CN)NS(=O)(=O)c1c(Cl)cc(Br)cc1Cl. The van der Waals surface area contributed by atoms with Crippen LogP contribution in [0.2, 0.25) is 10.0 Å². The molecule has 96 valence electrons. The van der Waals surface area contributed by atoms with Crippen molar-refractivity contribution in [1.82, 2.24) is 4.72 Å². The number of rotatable bonds is 4. The Morgan fingerprint density at radius 1 is 1.41 bits per heavy atom. The van der Waals surface area contributed by atoms with Gasteiger partial charge in [0.2, 0.25) is 10.0 Å². The monoisotopic (exact) mass is 360 g/mol. The summed E-state index contributed by atoms with van der Waals surface area (Å²) in [6.45, 7) is 1.84. The highest BCUT2D eigenvalue weighted by Crippen LogP contribution is 2.32. The highest BCUT2D eigenvalue weighted by atomic mass is 79.9. The molecule has 1 aromatic carbocycles. The van der Waals surface area contributed by atoms with Crippen LogP contribution in [-0.4, -0.2) is 21.0 Å². The van der Waals surface area contributed by atoms with E-state index in [1.807, 2.05) is 0 Å². The van der Waals surface area contributed by atoms with Crippen molar-refractivity contribution < 1.29 is 8.42 Å². The average Bonchev–Trinajstić information content (AvgIpc) is 2.14. The van der Waals surface area contributed by atoms with E-state index in [1.54, 1.807) is 6.92 Å². The Labute approximate surface area is 119 Å². The number of halogens is 3. The maximum absolute atomic E-state index is 12.0. The Balaban J connectivity index is 3.25. The third kappa shape index (κ3) is 3.81. The summed E-state index contributed by atoms with van der Waals surface area (Å²) in [5, 5.41) is 0.113. The quantitative estimate of drug-likeness (QED) is 0.864. The van der Waals surface area contributed by atoms with E-state index in [1.165, 1.54) is 12.1 Å². The van der Waals surface area contributed by atoms with Crippen molar-refractivity contribution in [2.24, 2.45) is 5.73 Å². The minimum absolute atomic E-state index is 0.0566. The Morgan fingerprint density at radius 2 is 1.88 bits per heavy atom. The fraction of sp³-hybridized carbons (Fsp3) is 0.333. The Kier molecular flexibility index (Phi) is 5.24. The zero-order valence-corrected chi connectivity index (χ0v) is 12.8. The molecule has 0 aromatic heterocycles. The molecule has 0 radical (unpaired) electrons. The summed E-state index contributed by atoms with van der Waals surface area (Å²) in [5.41, 5.74) is 5.36. The first-order valence-corrected chi connectivity index (χ1v) is 7.68. The zero-order valence-electron chi connectivity index (χ0n) is 8.88. The van der Waals surface area contributed by atoms with Crippen LogP contribution in [0.25, 0.3) is 0 Å². The van der Waals surface area contributed by atoms with Gasteiger partial charge in [0.25, 0.3) is 0 Å². The molecule has 1 atom stereocenters. The minimum Gasteiger partial charge on any atom is -0.329 e. The molecule has 1 unspecified atom stereocenters. The molecule has 4 nitrogen and oxygen atoms in total. The highest BCUT2D eigenvalue weighted by molar-refractivity contribution is 9.10. The number of nitrogens with two attached hydrogens (primary N) is 1. The van der Waals surface area contributed by atoms with Gasteiger partial charge in [0.1, 0.15) is 4.90 Å². The van der Waals surface area contributed by atoms with Crippen molar-refractivity contribution in [2.75, 3.05) is 6.54 Å². The molecule has 0 amide bonds. The van der Waals surface area contributed by atoms with E-state index in [0.29, 0.717) is 4.47 Å². The summed E-state index contributed by atoms with van der Waals surface area (Å²) in [4.78, 5) is -0.135. The summed E-state index contributed by atoms with van der Waals surface area (Å²) in [6, 6.07) is 2.54. The predicted molar refractivity (Wildman–Crippen MR) is 73.0 cm³/mol. The van der Waals surface area contributed by atoms with Crippen molar-refractivity contribution in [3.63, 3.8) is 0 Å². The molecule has 17 heavy (non-hydrogen) atoms. The fourth-order valence-corrected chi connectivity index (χ4v) is 4.35. The van der Waals surface area contributed by atoms with Gasteiger partial charge in [-0.2, -0.15) is 0 Å². The van der Waals surface area contributed by atoms with Crippen LogP contribution < -0.4 is 10.5 Å². The standard InChI is InChI=1S/C9H11BrCl2N2O2S/c1-5(4-13)14-17(15,16)9-7(11)2-6(10)3-8(9)12/h2-3,5,14H,4,13H2,1H3. The third-order valence-electron chi connectivity index (χ3n) is 1.94. The second kappa shape index (κ2) is 5.86. The van der Waals surface area contributed by atoms with Crippen molar-refractivity contribution >= 4 is 49.2 Å². The smallest absolute Gasteiger partial charge is 0.243 e. The van der Waals surface area contributed by atoms with E-state index >= 15 is 0 Å². The van der Waals surface area contributed by atoms with Gasteiger partial charge in [0, 0.05) is 17.1 Å². The number of sulfonamides is 1. The Bertz CT molecular complexity index is 499. The van der Waals surface area contributed by atoms with Crippen LogP contribution >= 0.6 is 39.1 Å². The lowest BCUT2D eigenvalue weighted by Gasteiger charge is -2.14. The van der Waals surface area contributed by atoms with Crippen molar-refractivity contribution in [3.05, 3.63) is 26.7 Å². The zero-order chi connectivity index (χ0) is 13.2. The lowest BCUT2D eigenvalue weighted by atomic mass is 10.4. The van der Waals surface area contributed by atoms with E-state index in [4.69, 9.17) is 28.9 Å². The molecular weight excluding hydrogens is 351 g/mol. The molecule has 0 aliphatic rings. The Morgan fingerprint density at radius 3 is 2.29 bits per heavy atom. The predicted octanol–water partition coefficient (Wildman–Crippen LogP) is 2.38. The van der Waals surface area contributed by atoms with Crippen LogP contribution in [0.3, 0.4) is 0 Å². The van der Waals surface area contributed by atoms with Crippen LogP contribution in [0.1, 0.15) is 6.92 Å². The van der Waals surface area contributed by atoms with Gasteiger partial charge in [0.15, 0.2) is 0 Å². The van der Waals surface area contributed by atoms with Gasteiger partial charge in [0.05, 0.1) is 10.0 Å². The largest absolute Gasteiger partial charge is 0.329 e. The molecule has 0 heterocycles. The lowest BCUT2D eigenvalue weighted by Crippen LogP contribution is -2.38. The molecule has 0 spiro atoms. The van der Waals surface area contributed by atoms with Gasteiger partial charge < -0.3 is 5.73 Å². The summed E-state index contributed by atoms with van der Waals surface area (Å²) in [7, 11) is -3.76. The highest BCUT2D eigenvalue weighted by Gasteiger charge is 2.23. The topological polar surface area (TPSA) is 72.2 Å². The second-order valence-corrected chi connectivity index (χ2v) is 6.84. The van der Waals surface area contributed by atoms with Crippen molar-refractivity contribution in [2.45, 2.75) is 17.9 Å². The van der Waals surface area contributed by atoms with E-state index < -0.39 is 16.1 Å². The molecule has 3 N–H and O–H groups in total. The van der Waals surface area contributed by atoms with Gasteiger partial charge in [-0.1, -0.05) is 39.1 Å². The first kappa shape index (κ1) is 15.2. The molecule has 0 saturated heterocycles. The first-order chi connectivity index (χ1) is 7.77. The molecule has 1 rings (SSSR count). The molecule has 0 aliphatic heterocycles. The lowest BCUT2D eigenvalue weighted by molar-refractivity contribution is 0.563. The first-order valence-electron chi connectivity index (χ1n) is 4.65. The summed E-state index contributed by atoms with van der Waals surface area (Å²) in [6.07, 6.45) is 0. The summed E-state index contributed by atoms with van der Waals surface area (Å²) < 4.78 is 27.0. The van der Waals surface area contributed by atoms with Crippen LogP contribution in [0.4, 0.5) is 0 Å². The molecule has 0 fully saturated rings. The van der Waals surface area contributed by atoms with Crippen molar-refractivity contribution in [3.8, 4) is 0 Å². The molecule has 0 saturated carbocycles. The van der Waals surface area contributed by atoms with Gasteiger partial charge in [-0.05, 0) is 19.1 Å². The Hall–Kier alpha value is 0.150. The van der Waals surface area contributed by atoms with Crippen LogP contribution in [0.15, 0.2) is 21.5 Å². The minimum atomic E-state index is -3.76. The van der Waals surface area contributed by atoms with Crippen molar-refractivity contribution in [1.29, 1.82) is 0 Å². The van der Waals surface area contributed by atoms with Gasteiger partial charge in [-0.3, -0.25) is 0 Å². The number of hydrogen-bond donors (Lipinski definition) is 2. The number of benzene rings is 1. The summed E-state index contributed by atoms with van der Waals surface area (Å²) in [5.74, 6) is 0. The molecule has 1 aromatic rings. The summed E-state index contributed by atoms with van der Waals surface area (Å²) >= 11 is 14.9. The molecular formula is C9H11BrCl2N2O2S. The van der Waals surface area contributed by atoms with Gasteiger partial charge in [-0.15, -0.1) is 0 Å². The van der Waals surface area contributed by atoms with Crippen LogP contribution in [-0.2, 0) is 10.0 Å². The maximum atomic E-state index is 12.0. The van der Waals surface area contributed by atoms with E-state index in [0.717, 1.165) is 0 Å². The average molecular weight is 362 g/mol. The van der Waals surface area contributed by atoms with Crippen LogP contribution in [0.5, 0.6) is 0 Å². The van der Waals surface area contributed by atoms with Gasteiger partial charge >= 0.3 is 0 Å².